The molecule has 0 radical (unpaired) electrons. The van der Waals surface area contributed by atoms with Gasteiger partial charge in [-0.1, -0.05) is 30.0 Å². The second-order valence-electron chi connectivity index (χ2n) is 7.11. The zero-order valence-electron chi connectivity index (χ0n) is 17.7. The summed E-state index contributed by atoms with van der Waals surface area (Å²) in [5, 5.41) is 12.3. The highest BCUT2D eigenvalue weighted by Gasteiger charge is 2.20. The number of methoxy groups -OCH3 is 1. The number of hydrogen-bond donors (Lipinski definition) is 1. The van der Waals surface area contributed by atoms with Crippen molar-refractivity contribution in [1.29, 1.82) is 0 Å². The molecule has 33 heavy (non-hydrogen) atoms. The first-order valence-corrected chi connectivity index (χ1v) is 11.2. The van der Waals surface area contributed by atoms with Gasteiger partial charge in [0.2, 0.25) is 12.7 Å². The molecule has 8 nitrogen and oxygen atoms in total. The molecule has 2 heterocycles. The first kappa shape index (κ1) is 20.9. The Morgan fingerprint density at radius 1 is 1.03 bits per heavy atom. The van der Waals surface area contributed by atoms with Crippen molar-refractivity contribution in [2.24, 2.45) is 0 Å². The van der Waals surface area contributed by atoms with Crippen molar-refractivity contribution < 1.29 is 19.0 Å². The number of para-hydroxylation sites is 1. The number of thioether (sulfide) groups is 1. The highest BCUT2D eigenvalue weighted by atomic mass is 32.2. The number of carbonyl (C=O) groups excluding carboxylic acids is 1. The van der Waals surface area contributed by atoms with Crippen LogP contribution in [0.3, 0.4) is 0 Å². The number of ether oxygens (including phenoxy) is 3. The van der Waals surface area contributed by atoms with E-state index in [0.717, 1.165) is 17.0 Å². The lowest BCUT2D eigenvalue weighted by Crippen LogP contribution is -2.14. The largest absolute Gasteiger partial charge is 0.497 e. The second kappa shape index (κ2) is 9.25. The summed E-state index contributed by atoms with van der Waals surface area (Å²) in [7, 11) is 1.60. The van der Waals surface area contributed by atoms with E-state index in [1.165, 1.54) is 11.8 Å². The Hall–Kier alpha value is -3.98. The van der Waals surface area contributed by atoms with Gasteiger partial charge in [-0.05, 0) is 54.6 Å². The lowest BCUT2D eigenvalue weighted by atomic mass is 10.2. The quantitative estimate of drug-likeness (QED) is 0.409. The Morgan fingerprint density at radius 2 is 1.82 bits per heavy atom. The van der Waals surface area contributed by atoms with Crippen molar-refractivity contribution in [2.75, 3.05) is 25.0 Å². The molecule has 0 saturated carbocycles. The average molecular weight is 461 g/mol. The molecular weight excluding hydrogens is 440 g/mol. The van der Waals surface area contributed by atoms with Crippen LogP contribution in [0, 0.1) is 0 Å². The smallest absolute Gasteiger partial charge is 0.234 e. The van der Waals surface area contributed by atoms with Crippen molar-refractivity contribution in [3.05, 3.63) is 72.8 Å². The predicted molar refractivity (Wildman–Crippen MR) is 125 cm³/mol. The fraction of sp³-hybridized carbons (Fsp3) is 0.125. The summed E-state index contributed by atoms with van der Waals surface area (Å²) in [6.07, 6.45) is 0. The lowest BCUT2D eigenvalue weighted by molar-refractivity contribution is -0.113. The molecule has 0 spiro atoms. The number of nitrogens with one attached hydrogen (secondary N) is 1. The standard InChI is InChI=1S/C24H20N4O4S/c1-30-19-10-8-17(9-11-19)25-22(29)14-33-24-27-26-23(28(24)18-5-3-2-4-6-18)16-7-12-20-21(13-16)32-15-31-20/h2-13H,14-15H2,1H3,(H,25,29). The number of anilines is 1. The van der Waals surface area contributed by atoms with E-state index in [4.69, 9.17) is 14.2 Å². The third-order valence-corrected chi connectivity index (χ3v) is 5.91. The summed E-state index contributed by atoms with van der Waals surface area (Å²) in [6, 6.07) is 22.6. The number of nitrogens with zero attached hydrogens (tertiary/aromatic N) is 3. The monoisotopic (exact) mass is 460 g/mol. The minimum absolute atomic E-state index is 0.141. The van der Waals surface area contributed by atoms with E-state index in [1.807, 2.05) is 53.1 Å². The third-order valence-electron chi connectivity index (χ3n) is 4.98. The summed E-state index contributed by atoms with van der Waals surface area (Å²) in [5.74, 6) is 2.79. The lowest BCUT2D eigenvalue weighted by Gasteiger charge is -2.11. The number of benzene rings is 3. The Bertz CT molecular complexity index is 1280. The van der Waals surface area contributed by atoms with Gasteiger partial charge in [-0.3, -0.25) is 9.36 Å². The third kappa shape index (κ3) is 4.49. The molecule has 1 amide bonds. The molecule has 1 aliphatic rings. The van der Waals surface area contributed by atoms with Crippen molar-refractivity contribution >= 4 is 23.4 Å². The van der Waals surface area contributed by atoms with Crippen molar-refractivity contribution in [3.8, 4) is 34.3 Å². The SMILES string of the molecule is COc1ccc(NC(=O)CSc2nnc(-c3ccc4c(c3)OCO4)n2-c2ccccc2)cc1. The Kier molecular flexibility index (Phi) is 5.86. The molecule has 4 aromatic rings. The van der Waals surface area contributed by atoms with E-state index in [-0.39, 0.29) is 18.5 Å². The number of rotatable bonds is 7. The average Bonchev–Trinajstić information content (AvgIpc) is 3.50. The van der Waals surface area contributed by atoms with Crippen LogP contribution in [0.15, 0.2) is 78.0 Å². The fourth-order valence-electron chi connectivity index (χ4n) is 3.40. The van der Waals surface area contributed by atoms with Crippen LogP contribution in [0.1, 0.15) is 0 Å². The van der Waals surface area contributed by atoms with E-state index in [0.29, 0.717) is 28.2 Å². The molecule has 0 fully saturated rings. The molecule has 0 aliphatic carbocycles. The van der Waals surface area contributed by atoms with Gasteiger partial charge in [0.1, 0.15) is 5.75 Å². The molecule has 1 aromatic heterocycles. The van der Waals surface area contributed by atoms with Gasteiger partial charge in [-0.25, -0.2) is 0 Å². The highest BCUT2D eigenvalue weighted by molar-refractivity contribution is 7.99. The van der Waals surface area contributed by atoms with Crippen LogP contribution in [0.4, 0.5) is 5.69 Å². The van der Waals surface area contributed by atoms with Gasteiger partial charge < -0.3 is 19.5 Å². The number of carbonyl (C=O) groups is 1. The molecule has 0 unspecified atom stereocenters. The minimum atomic E-state index is -0.141. The number of fused-ring (bicyclic) bond motifs is 1. The summed E-state index contributed by atoms with van der Waals surface area (Å²) in [4.78, 5) is 12.5. The van der Waals surface area contributed by atoms with Gasteiger partial charge in [0.25, 0.3) is 0 Å². The second-order valence-corrected chi connectivity index (χ2v) is 8.05. The van der Waals surface area contributed by atoms with Crippen LogP contribution >= 0.6 is 11.8 Å². The molecule has 9 heteroatoms. The van der Waals surface area contributed by atoms with Crippen molar-refractivity contribution in [3.63, 3.8) is 0 Å². The molecule has 0 atom stereocenters. The maximum Gasteiger partial charge on any atom is 0.234 e. The zero-order chi connectivity index (χ0) is 22.6. The van der Waals surface area contributed by atoms with Crippen molar-refractivity contribution in [1.82, 2.24) is 14.8 Å². The van der Waals surface area contributed by atoms with Crippen LogP contribution in [0.5, 0.6) is 17.2 Å². The van der Waals surface area contributed by atoms with Crippen LogP contribution in [0.25, 0.3) is 17.1 Å². The molecule has 1 N–H and O–H groups in total. The molecule has 0 saturated heterocycles. The summed E-state index contributed by atoms with van der Waals surface area (Å²) < 4.78 is 18.0. The van der Waals surface area contributed by atoms with Gasteiger partial charge in [-0.15, -0.1) is 10.2 Å². The van der Waals surface area contributed by atoms with Crippen LogP contribution in [-0.2, 0) is 4.79 Å². The molecule has 0 bridgehead atoms. The van der Waals surface area contributed by atoms with Gasteiger partial charge in [-0.2, -0.15) is 0 Å². The van der Waals surface area contributed by atoms with E-state index in [2.05, 4.69) is 15.5 Å². The number of aromatic nitrogens is 3. The normalized spacial score (nSPS) is 11.9. The zero-order valence-corrected chi connectivity index (χ0v) is 18.5. The Labute approximate surface area is 194 Å². The van der Waals surface area contributed by atoms with Gasteiger partial charge >= 0.3 is 0 Å². The maximum absolute atomic E-state index is 12.5. The molecule has 3 aromatic carbocycles. The van der Waals surface area contributed by atoms with Gasteiger partial charge in [0.05, 0.1) is 12.9 Å². The fourth-order valence-corrected chi connectivity index (χ4v) is 4.15. The van der Waals surface area contributed by atoms with Crippen LogP contribution in [-0.4, -0.2) is 40.3 Å². The predicted octanol–water partition coefficient (Wildman–Crippen LogP) is 4.40. The highest BCUT2D eigenvalue weighted by Crippen LogP contribution is 2.37. The van der Waals surface area contributed by atoms with E-state index < -0.39 is 0 Å². The number of amides is 1. The van der Waals surface area contributed by atoms with Gasteiger partial charge in [0.15, 0.2) is 22.5 Å². The maximum atomic E-state index is 12.5. The molecular formula is C24H20N4O4S. The Morgan fingerprint density at radius 3 is 2.61 bits per heavy atom. The van der Waals surface area contributed by atoms with Gasteiger partial charge in [0, 0.05) is 16.9 Å². The first-order chi connectivity index (χ1) is 16.2. The topological polar surface area (TPSA) is 87.5 Å². The minimum Gasteiger partial charge on any atom is -0.497 e. The summed E-state index contributed by atoms with van der Waals surface area (Å²) in [5.41, 5.74) is 2.44. The number of hydrogen-bond acceptors (Lipinski definition) is 7. The van der Waals surface area contributed by atoms with E-state index in [9.17, 15) is 4.79 Å². The summed E-state index contributed by atoms with van der Waals surface area (Å²) >= 11 is 1.31. The summed E-state index contributed by atoms with van der Waals surface area (Å²) in [6.45, 7) is 0.203. The molecule has 1 aliphatic heterocycles. The first-order valence-electron chi connectivity index (χ1n) is 10.2. The van der Waals surface area contributed by atoms with Crippen LogP contribution in [0.2, 0.25) is 0 Å². The Balaban J connectivity index is 1.39. The van der Waals surface area contributed by atoms with E-state index >= 15 is 0 Å². The van der Waals surface area contributed by atoms with Crippen LogP contribution < -0.4 is 19.5 Å². The van der Waals surface area contributed by atoms with Crippen molar-refractivity contribution in [2.45, 2.75) is 5.16 Å². The molecule has 166 valence electrons. The van der Waals surface area contributed by atoms with E-state index in [1.54, 1.807) is 31.4 Å². The molecule has 5 rings (SSSR count).